The molecule has 4 heteroatoms. The number of nitrogens with one attached hydrogen (secondary N) is 2. The molecule has 0 aromatic carbocycles. The summed E-state index contributed by atoms with van der Waals surface area (Å²) in [7, 11) is 0. The first-order chi connectivity index (χ1) is 8.84. The third kappa shape index (κ3) is 2.16. The molecule has 2 aromatic rings. The van der Waals surface area contributed by atoms with Crippen LogP contribution < -0.4 is 5.32 Å². The summed E-state index contributed by atoms with van der Waals surface area (Å²) in [6.45, 7) is 4.28. The lowest BCUT2D eigenvalue weighted by Gasteiger charge is -2.20. The van der Waals surface area contributed by atoms with Crippen molar-refractivity contribution in [3.8, 4) is 11.3 Å². The highest BCUT2D eigenvalue weighted by molar-refractivity contribution is 5.61. The van der Waals surface area contributed by atoms with Crippen molar-refractivity contribution in [3.63, 3.8) is 0 Å². The fourth-order valence-electron chi connectivity index (χ4n) is 2.56. The third-order valence-electron chi connectivity index (χ3n) is 3.58. The Morgan fingerprint density at radius 3 is 2.61 bits per heavy atom. The van der Waals surface area contributed by atoms with E-state index in [9.17, 15) is 0 Å². The van der Waals surface area contributed by atoms with Crippen LogP contribution in [0.1, 0.15) is 30.3 Å². The molecular formula is C14H18N4. The van der Waals surface area contributed by atoms with E-state index >= 15 is 0 Å². The molecule has 4 nitrogen and oxygen atoms in total. The van der Waals surface area contributed by atoms with E-state index in [4.69, 9.17) is 4.98 Å². The van der Waals surface area contributed by atoms with Crippen LogP contribution >= 0.6 is 0 Å². The van der Waals surface area contributed by atoms with Gasteiger partial charge in [-0.3, -0.25) is 4.98 Å². The van der Waals surface area contributed by atoms with Gasteiger partial charge in [-0.25, -0.2) is 4.98 Å². The highest BCUT2D eigenvalue weighted by Gasteiger charge is 2.19. The zero-order valence-corrected chi connectivity index (χ0v) is 10.6. The monoisotopic (exact) mass is 242 g/mol. The molecule has 1 saturated heterocycles. The lowest BCUT2D eigenvalue weighted by Crippen LogP contribution is -2.27. The smallest absolute Gasteiger partial charge is 0.110 e. The van der Waals surface area contributed by atoms with E-state index in [0.29, 0.717) is 5.92 Å². The Balaban J connectivity index is 1.91. The van der Waals surface area contributed by atoms with Gasteiger partial charge in [-0.05, 0) is 45.0 Å². The minimum atomic E-state index is 0.570. The van der Waals surface area contributed by atoms with E-state index in [1.807, 2.05) is 24.5 Å². The molecule has 0 unspecified atom stereocenters. The van der Waals surface area contributed by atoms with Crippen molar-refractivity contribution in [1.82, 2.24) is 20.3 Å². The number of hydrogen-bond donors (Lipinski definition) is 2. The molecule has 0 spiro atoms. The molecule has 0 aliphatic carbocycles. The molecule has 2 aromatic heterocycles. The van der Waals surface area contributed by atoms with Crippen LogP contribution in [0, 0.1) is 6.92 Å². The topological polar surface area (TPSA) is 53.6 Å². The highest BCUT2D eigenvalue weighted by Crippen LogP contribution is 2.27. The number of nitrogens with zero attached hydrogens (tertiary/aromatic N) is 2. The Hall–Kier alpha value is -1.68. The highest BCUT2D eigenvalue weighted by atomic mass is 15.0. The van der Waals surface area contributed by atoms with Crippen LogP contribution in [0.15, 0.2) is 24.5 Å². The fourth-order valence-corrected chi connectivity index (χ4v) is 2.56. The second-order valence-electron chi connectivity index (χ2n) is 4.86. The zero-order chi connectivity index (χ0) is 12.4. The minimum absolute atomic E-state index is 0.570. The van der Waals surface area contributed by atoms with Gasteiger partial charge in [-0.2, -0.15) is 0 Å². The Morgan fingerprint density at radius 1 is 1.17 bits per heavy atom. The predicted molar refractivity (Wildman–Crippen MR) is 71.4 cm³/mol. The molecule has 2 N–H and O–H groups in total. The average molecular weight is 242 g/mol. The maximum absolute atomic E-state index is 4.79. The second-order valence-corrected chi connectivity index (χ2v) is 4.86. The fraction of sp³-hybridized carbons (Fsp3) is 0.429. The SMILES string of the molecule is Cc1[nH]c(C2CCNCC2)nc1-c1ccncc1. The van der Waals surface area contributed by atoms with Crippen LogP contribution in [-0.4, -0.2) is 28.0 Å². The number of piperidine rings is 1. The van der Waals surface area contributed by atoms with Crippen molar-refractivity contribution in [2.45, 2.75) is 25.7 Å². The van der Waals surface area contributed by atoms with E-state index < -0.39 is 0 Å². The molecule has 0 radical (unpaired) electrons. The number of H-pyrrole nitrogens is 1. The van der Waals surface area contributed by atoms with Crippen molar-refractivity contribution in [1.29, 1.82) is 0 Å². The molecule has 0 bridgehead atoms. The van der Waals surface area contributed by atoms with Gasteiger partial charge in [-0.15, -0.1) is 0 Å². The van der Waals surface area contributed by atoms with Gasteiger partial charge in [0.2, 0.25) is 0 Å². The number of aromatic amines is 1. The summed E-state index contributed by atoms with van der Waals surface area (Å²) < 4.78 is 0. The molecule has 94 valence electrons. The summed E-state index contributed by atoms with van der Waals surface area (Å²) in [6.07, 6.45) is 5.97. The quantitative estimate of drug-likeness (QED) is 0.849. The molecule has 1 fully saturated rings. The summed E-state index contributed by atoms with van der Waals surface area (Å²) >= 11 is 0. The first-order valence-corrected chi connectivity index (χ1v) is 6.52. The first kappa shape index (κ1) is 11.4. The Kier molecular flexibility index (Phi) is 3.11. The van der Waals surface area contributed by atoms with E-state index in [2.05, 4.69) is 22.2 Å². The number of imidazole rings is 1. The van der Waals surface area contributed by atoms with Crippen LogP contribution in [-0.2, 0) is 0 Å². The molecule has 1 aliphatic heterocycles. The van der Waals surface area contributed by atoms with Crippen molar-refractivity contribution in [2.75, 3.05) is 13.1 Å². The van der Waals surface area contributed by atoms with Gasteiger partial charge in [0, 0.05) is 29.6 Å². The van der Waals surface area contributed by atoms with Crippen LogP contribution in [0.4, 0.5) is 0 Å². The van der Waals surface area contributed by atoms with Crippen molar-refractivity contribution >= 4 is 0 Å². The standard InChI is InChI=1S/C14H18N4/c1-10-13(11-2-6-15-7-3-11)18-14(17-10)12-4-8-16-9-5-12/h2-3,6-7,12,16H,4-5,8-9H2,1H3,(H,17,18). The molecule has 0 atom stereocenters. The number of aryl methyl sites for hydroxylation is 1. The number of rotatable bonds is 2. The number of hydrogen-bond acceptors (Lipinski definition) is 3. The first-order valence-electron chi connectivity index (χ1n) is 6.52. The maximum Gasteiger partial charge on any atom is 0.110 e. The molecule has 18 heavy (non-hydrogen) atoms. The lowest BCUT2D eigenvalue weighted by atomic mass is 9.98. The van der Waals surface area contributed by atoms with Crippen LogP contribution in [0.5, 0.6) is 0 Å². The van der Waals surface area contributed by atoms with Gasteiger partial charge >= 0.3 is 0 Å². The number of pyridine rings is 1. The second kappa shape index (κ2) is 4.90. The maximum atomic E-state index is 4.79. The summed E-state index contributed by atoms with van der Waals surface area (Å²) in [5, 5.41) is 3.39. The Morgan fingerprint density at radius 2 is 1.89 bits per heavy atom. The summed E-state index contributed by atoms with van der Waals surface area (Å²) in [6, 6.07) is 4.02. The van der Waals surface area contributed by atoms with Crippen LogP contribution in [0.2, 0.25) is 0 Å². The Bertz CT molecular complexity index is 512. The molecule has 0 amide bonds. The molecular weight excluding hydrogens is 224 g/mol. The molecule has 3 rings (SSSR count). The molecule has 0 saturated carbocycles. The summed E-state index contributed by atoms with van der Waals surface area (Å²) in [4.78, 5) is 12.3. The average Bonchev–Trinajstić information content (AvgIpc) is 2.83. The van der Waals surface area contributed by atoms with E-state index in [0.717, 1.165) is 35.9 Å². The predicted octanol–water partition coefficient (Wildman–Crippen LogP) is 2.25. The van der Waals surface area contributed by atoms with Crippen molar-refractivity contribution in [2.24, 2.45) is 0 Å². The van der Waals surface area contributed by atoms with E-state index in [1.54, 1.807) is 0 Å². The Labute approximate surface area is 107 Å². The van der Waals surface area contributed by atoms with Gasteiger partial charge in [0.1, 0.15) is 5.82 Å². The van der Waals surface area contributed by atoms with Crippen molar-refractivity contribution in [3.05, 3.63) is 36.0 Å². The third-order valence-corrected chi connectivity index (χ3v) is 3.58. The van der Waals surface area contributed by atoms with Crippen LogP contribution in [0.3, 0.4) is 0 Å². The van der Waals surface area contributed by atoms with E-state index in [1.165, 1.54) is 12.8 Å². The van der Waals surface area contributed by atoms with E-state index in [-0.39, 0.29) is 0 Å². The zero-order valence-electron chi connectivity index (χ0n) is 10.6. The molecule has 1 aliphatic rings. The lowest BCUT2D eigenvalue weighted by molar-refractivity contribution is 0.447. The number of aromatic nitrogens is 3. The van der Waals surface area contributed by atoms with Gasteiger partial charge < -0.3 is 10.3 Å². The normalized spacial score (nSPS) is 16.9. The summed E-state index contributed by atoms with van der Waals surface area (Å²) in [5.41, 5.74) is 3.35. The van der Waals surface area contributed by atoms with Gasteiger partial charge in [0.15, 0.2) is 0 Å². The van der Waals surface area contributed by atoms with Gasteiger partial charge in [0.25, 0.3) is 0 Å². The van der Waals surface area contributed by atoms with Gasteiger partial charge in [0.05, 0.1) is 5.69 Å². The van der Waals surface area contributed by atoms with Gasteiger partial charge in [-0.1, -0.05) is 0 Å². The minimum Gasteiger partial charge on any atom is -0.345 e. The van der Waals surface area contributed by atoms with Crippen LogP contribution in [0.25, 0.3) is 11.3 Å². The van der Waals surface area contributed by atoms with Crippen molar-refractivity contribution < 1.29 is 0 Å². The molecule has 3 heterocycles. The summed E-state index contributed by atoms with van der Waals surface area (Å²) in [5.74, 6) is 1.71. The largest absolute Gasteiger partial charge is 0.345 e.